The van der Waals surface area contributed by atoms with Crippen LogP contribution in [0, 0.1) is 0 Å². The van der Waals surface area contributed by atoms with Crippen LogP contribution in [0.2, 0.25) is 0 Å². The number of rotatable bonds is 1. The number of hydrogen-bond donors (Lipinski definition) is 1. The maximum Gasteiger partial charge on any atom is 0.190 e. The Labute approximate surface area is 81.0 Å². The summed E-state index contributed by atoms with van der Waals surface area (Å²) in [7, 11) is 3.81. The topological polar surface area (TPSA) is 41.6 Å². The van der Waals surface area contributed by atoms with Gasteiger partial charge in [-0.2, -0.15) is 0 Å². The summed E-state index contributed by atoms with van der Waals surface area (Å²) < 4.78 is 0. The lowest BCUT2D eigenvalue weighted by molar-refractivity contribution is 0.327. The quantitative estimate of drug-likeness (QED) is 0.381. The second kappa shape index (κ2) is 5.10. The summed E-state index contributed by atoms with van der Waals surface area (Å²) in [5, 5.41) is 0. The fourth-order valence-electron chi connectivity index (χ4n) is 1.99. The van der Waals surface area contributed by atoms with Gasteiger partial charge in [-0.3, -0.25) is 4.99 Å². The van der Waals surface area contributed by atoms with E-state index in [2.05, 4.69) is 16.9 Å². The molecule has 1 aliphatic carbocycles. The van der Waals surface area contributed by atoms with Crippen LogP contribution in [0.3, 0.4) is 0 Å². The molecule has 1 rings (SSSR count). The van der Waals surface area contributed by atoms with Crippen molar-refractivity contribution in [1.82, 2.24) is 4.90 Å². The molecule has 0 spiro atoms. The van der Waals surface area contributed by atoms with Gasteiger partial charge in [-0.15, -0.1) is 0 Å². The van der Waals surface area contributed by atoms with Gasteiger partial charge >= 0.3 is 0 Å². The summed E-state index contributed by atoms with van der Waals surface area (Å²) in [6.07, 6.45) is 7.98. The van der Waals surface area contributed by atoms with Crippen LogP contribution in [0.25, 0.3) is 0 Å². The second-order valence-corrected chi connectivity index (χ2v) is 3.84. The van der Waals surface area contributed by atoms with E-state index < -0.39 is 0 Å². The fourth-order valence-corrected chi connectivity index (χ4v) is 1.99. The minimum absolute atomic E-state index is 0.617. The van der Waals surface area contributed by atoms with E-state index in [-0.39, 0.29) is 0 Å². The molecule has 76 valence electrons. The third-order valence-corrected chi connectivity index (χ3v) is 2.96. The molecule has 0 atom stereocenters. The normalized spacial score (nSPS) is 21.2. The smallest absolute Gasteiger partial charge is 0.190 e. The van der Waals surface area contributed by atoms with E-state index in [9.17, 15) is 0 Å². The number of nitrogens with zero attached hydrogens (tertiary/aromatic N) is 2. The molecule has 0 saturated heterocycles. The first-order valence-electron chi connectivity index (χ1n) is 5.21. The van der Waals surface area contributed by atoms with Crippen LogP contribution in [-0.4, -0.2) is 31.0 Å². The Balaban J connectivity index is 2.48. The summed E-state index contributed by atoms with van der Waals surface area (Å²) in [6, 6.07) is 0.617. The molecule has 3 heteroatoms. The molecule has 0 aliphatic heterocycles. The molecule has 1 saturated carbocycles. The van der Waals surface area contributed by atoms with Gasteiger partial charge in [-0.1, -0.05) is 25.7 Å². The third kappa shape index (κ3) is 2.90. The lowest BCUT2D eigenvalue weighted by Gasteiger charge is -2.27. The highest BCUT2D eigenvalue weighted by atomic mass is 15.2. The van der Waals surface area contributed by atoms with Crippen LogP contribution in [0.15, 0.2) is 4.99 Å². The van der Waals surface area contributed by atoms with Gasteiger partial charge < -0.3 is 10.6 Å². The van der Waals surface area contributed by atoms with Gasteiger partial charge in [0.25, 0.3) is 0 Å². The van der Waals surface area contributed by atoms with Crippen molar-refractivity contribution < 1.29 is 0 Å². The van der Waals surface area contributed by atoms with Gasteiger partial charge in [-0.25, -0.2) is 0 Å². The van der Waals surface area contributed by atoms with Crippen molar-refractivity contribution in [2.45, 2.75) is 44.6 Å². The zero-order chi connectivity index (χ0) is 9.68. The molecular formula is C10H21N3. The van der Waals surface area contributed by atoms with Crippen LogP contribution in [-0.2, 0) is 0 Å². The van der Waals surface area contributed by atoms with Gasteiger partial charge in [0, 0.05) is 20.1 Å². The van der Waals surface area contributed by atoms with Gasteiger partial charge in [0.05, 0.1) is 0 Å². The van der Waals surface area contributed by atoms with Crippen LogP contribution < -0.4 is 5.73 Å². The minimum atomic E-state index is 0.617. The summed E-state index contributed by atoms with van der Waals surface area (Å²) in [6.45, 7) is 0. The predicted octanol–water partition coefficient (Wildman–Crippen LogP) is 1.59. The SMILES string of the molecule is CN=C(N)N(C)C1CCCCCC1. The van der Waals surface area contributed by atoms with Crippen molar-refractivity contribution in [2.75, 3.05) is 14.1 Å². The van der Waals surface area contributed by atoms with Crippen LogP contribution >= 0.6 is 0 Å². The lowest BCUT2D eigenvalue weighted by Crippen LogP contribution is -2.41. The molecule has 0 bridgehead atoms. The average Bonchev–Trinajstić information content (AvgIpc) is 2.43. The van der Waals surface area contributed by atoms with E-state index >= 15 is 0 Å². The monoisotopic (exact) mass is 183 g/mol. The van der Waals surface area contributed by atoms with Crippen molar-refractivity contribution in [1.29, 1.82) is 0 Å². The fraction of sp³-hybridized carbons (Fsp3) is 0.900. The molecule has 3 nitrogen and oxygen atoms in total. The second-order valence-electron chi connectivity index (χ2n) is 3.84. The molecule has 0 aromatic rings. The molecule has 1 fully saturated rings. The Bertz CT molecular complexity index is 169. The van der Waals surface area contributed by atoms with Gasteiger partial charge in [0.2, 0.25) is 0 Å². The van der Waals surface area contributed by atoms with Crippen molar-refractivity contribution >= 4 is 5.96 Å². The maximum absolute atomic E-state index is 5.77. The summed E-state index contributed by atoms with van der Waals surface area (Å²) in [5.74, 6) is 0.673. The van der Waals surface area contributed by atoms with Crippen LogP contribution in [0.1, 0.15) is 38.5 Å². The zero-order valence-corrected chi connectivity index (χ0v) is 8.79. The average molecular weight is 183 g/mol. The van der Waals surface area contributed by atoms with Crippen molar-refractivity contribution in [3.8, 4) is 0 Å². The summed E-state index contributed by atoms with van der Waals surface area (Å²) in [5.41, 5.74) is 5.77. The first-order valence-corrected chi connectivity index (χ1v) is 5.21. The van der Waals surface area contributed by atoms with Crippen LogP contribution in [0.5, 0.6) is 0 Å². The summed E-state index contributed by atoms with van der Waals surface area (Å²) >= 11 is 0. The molecule has 0 radical (unpaired) electrons. The molecule has 0 aromatic carbocycles. The van der Waals surface area contributed by atoms with E-state index in [1.807, 2.05) is 0 Å². The number of nitrogens with two attached hydrogens (primary N) is 1. The van der Waals surface area contributed by atoms with Gasteiger partial charge in [-0.05, 0) is 12.8 Å². The molecule has 0 heterocycles. The van der Waals surface area contributed by atoms with Crippen molar-refractivity contribution in [3.05, 3.63) is 0 Å². The molecule has 0 unspecified atom stereocenters. The predicted molar refractivity (Wildman–Crippen MR) is 56.8 cm³/mol. The van der Waals surface area contributed by atoms with Gasteiger partial charge in [0.1, 0.15) is 0 Å². The minimum Gasteiger partial charge on any atom is -0.370 e. The van der Waals surface area contributed by atoms with Crippen LogP contribution in [0.4, 0.5) is 0 Å². The Morgan fingerprint density at radius 1 is 1.23 bits per heavy atom. The first kappa shape index (κ1) is 10.4. The molecule has 0 aromatic heterocycles. The van der Waals surface area contributed by atoms with Crippen molar-refractivity contribution in [3.63, 3.8) is 0 Å². The number of guanidine groups is 1. The molecule has 1 aliphatic rings. The maximum atomic E-state index is 5.77. The van der Waals surface area contributed by atoms with E-state index in [1.165, 1.54) is 38.5 Å². The Morgan fingerprint density at radius 3 is 2.23 bits per heavy atom. The van der Waals surface area contributed by atoms with E-state index in [1.54, 1.807) is 7.05 Å². The highest BCUT2D eigenvalue weighted by Gasteiger charge is 2.17. The first-order chi connectivity index (χ1) is 6.25. The standard InChI is InChI=1S/C10H21N3/c1-12-10(11)13(2)9-7-5-3-4-6-8-9/h9H,3-8H2,1-2H3,(H2,11,12). The molecule has 0 amide bonds. The van der Waals surface area contributed by atoms with E-state index in [0.717, 1.165) is 0 Å². The largest absolute Gasteiger partial charge is 0.370 e. The lowest BCUT2D eigenvalue weighted by atomic mass is 10.1. The van der Waals surface area contributed by atoms with E-state index in [4.69, 9.17) is 5.73 Å². The Kier molecular flexibility index (Phi) is 4.06. The summed E-state index contributed by atoms with van der Waals surface area (Å²) in [4.78, 5) is 6.14. The molecule has 2 N–H and O–H groups in total. The molecule has 13 heavy (non-hydrogen) atoms. The highest BCUT2D eigenvalue weighted by molar-refractivity contribution is 5.77. The van der Waals surface area contributed by atoms with Crippen molar-refractivity contribution in [2.24, 2.45) is 10.7 Å². The number of aliphatic imine (C=N–C) groups is 1. The zero-order valence-electron chi connectivity index (χ0n) is 8.79. The third-order valence-electron chi connectivity index (χ3n) is 2.96. The Morgan fingerprint density at radius 2 is 1.77 bits per heavy atom. The molecular weight excluding hydrogens is 162 g/mol. The number of hydrogen-bond acceptors (Lipinski definition) is 1. The Hall–Kier alpha value is -0.730. The van der Waals surface area contributed by atoms with Gasteiger partial charge in [0.15, 0.2) is 5.96 Å². The van der Waals surface area contributed by atoms with E-state index in [0.29, 0.717) is 12.0 Å². The highest BCUT2D eigenvalue weighted by Crippen LogP contribution is 2.20.